The highest BCUT2D eigenvalue weighted by Crippen LogP contribution is 2.45. The molecule has 3 aliphatic rings. The van der Waals surface area contributed by atoms with Gasteiger partial charge >= 0.3 is 0 Å². The summed E-state index contributed by atoms with van der Waals surface area (Å²) in [6, 6.07) is 20.5. The van der Waals surface area contributed by atoms with E-state index in [1.165, 1.54) is 0 Å². The minimum Gasteiger partial charge on any atom is -0.493 e. The molecule has 3 aromatic carbocycles. The Labute approximate surface area is 270 Å². The predicted octanol–water partition coefficient (Wildman–Crippen LogP) is 9.15. The van der Waals surface area contributed by atoms with Crippen LogP contribution in [0, 0.1) is 5.41 Å². The molecule has 0 aromatic heterocycles. The maximum Gasteiger partial charge on any atom is 0.162 e. The number of benzene rings is 3. The summed E-state index contributed by atoms with van der Waals surface area (Å²) < 4.78 is 17.6. The third-order valence-corrected chi connectivity index (χ3v) is 9.51. The van der Waals surface area contributed by atoms with Crippen molar-refractivity contribution in [3.63, 3.8) is 0 Å². The second-order valence-electron chi connectivity index (χ2n) is 12.7. The minimum absolute atomic E-state index is 0.0287. The van der Waals surface area contributed by atoms with Crippen molar-refractivity contribution in [3.05, 3.63) is 95.1 Å². The number of carbonyl (C=O) groups excluding carboxylic acids is 1. The van der Waals surface area contributed by atoms with Gasteiger partial charge in [0.25, 0.3) is 0 Å². The van der Waals surface area contributed by atoms with E-state index in [0.29, 0.717) is 30.8 Å². The van der Waals surface area contributed by atoms with Gasteiger partial charge in [-0.15, -0.1) is 0 Å². The molecule has 45 heavy (non-hydrogen) atoms. The van der Waals surface area contributed by atoms with Crippen molar-refractivity contribution < 1.29 is 19.0 Å². The van der Waals surface area contributed by atoms with E-state index >= 15 is 0 Å². The average Bonchev–Trinajstić information content (AvgIpc) is 3.29. The molecule has 2 bridgehead atoms. The van der Waals surface area contributed by atoms with Gasteiger partial charge in [-0.25, -0.2) is 0 Å². The van der Waals surface area contributed by atoms with Gasteiger partial charge in [-0.3, -0.25) is 14.8 Å². The fourth-order valence-electron chi connectivity index (χ4n) is 5.96. The highest BCUT2D eigenvalue weighted by Gasteiger charge is 2.34. The molecule has 0 radical (unpaired) electrons. The van der Waals surface area contributed by atoms with Crippen molar-refractivity contribution in [3.8, 4) is 17.2 Å². The van der Waals surface area contributed by atoms with Crippen molar-refractivity contribution in [1.29, 1.82) is 0 Å². The monoisotopic (exact) mass is 620 g/mol. The van der Waals surface area contributed by atoms with E-state index in [-0.39, 0.29) is 23.3 Å². The van der Waals surface area contributed by atoms with Gasteiger partial charge in [0.1, 0.15) is 17.6 Å². The molecule has 3 aromatic rings. The lowest BCUT2D eigenvalue weighted by Crippen LogP contribution is -2.28. The number of Topliss-reactive ketones (excluding diaryl/α,β-unsaturated/α-hetero) is 1. The van der Waals surface area contributed by atoms with Crippen LogP contribution in [0.1, 0.15) is 69.2 Å². The molecule has 2 unspecified atom stereocenters. The first-order valence-electron chi connectivity index (χ1n) is 15.5. The van der Waals surface area contributed by atoms with E-state index in [2.05, 4.69) is 68.2 Å². The maximum atomic E-state index is 13.5. The number of hydrogen-bond acceptors (Lipinski definition) is 7. The van der Waals surface area contributed by atoms with Crippen molar-refractivity contribution in [2.45, 2.75) is 69.9 Å². The van der Waals surface area contributed by atoms with Crippen LogP contribution in [0.5, 0.6) is 17.2 Å². The average molecular weight is 621 g/mol. The quantitative estimate of drug-likeness (QED) is 0.239. The third kappa shape index (κ3) is 6.94. The van der Waals surface area contributed by atoms with Crippen LogP contribution in [0.25, 0.3) is 4.91 Å². The van der Waals surface area contributed by atoms with Crippen LogP contribution in [-0.2, 0) is 11.2 Å². The molecule has 0 spiro atoms. The zero-order valence-electron chi connectivity index (χ0n) is 26.6. The molecule has 0 aliphatic carbocycles. The summed E-state index contributed by atoms with van der Waals surface area (Å²) >= 11 is 1.70. The number of hydrogen-bond donors (Lipinski definition) is 0. The van der Waals surface area contributed by atoms with Gasteiger partial charge in [-0.2, -0.15) is 0 Å². The number of rotatable bonds is 9. The summed E-state index contributed by atoms with van der Waals surface area (Å²) in [5, 5.41) is 0. The highest BCUT2D eigenvalue weighted by molar-refractivity contribution is 8.08. The van der Waals surface area contributed by atoms with Crippen LogP contribution in [0.4, 0.5) is 5.69 Å². The largest absolute Gasteiger partial charge is 0.493 e. The van der Waals surface area contributed by atoms with E-state index in [0.717, 1.165) is 62.1 Å². The van der Waals surface area contributed by atoms with E-state index in [9.17, 15) is 4.79 Å². The molecule has 3 heterocycles. The van der Waals surface area contributed by atoms with Gasteiger partial charge in [-0.1, -0.05) is 68.9 Å². The first kappa shape index (κ1) is 30.9. The molecular formula is C38H40N2O4S. The second-order valence-corrected chi connectivity index (χ2v) is 13.8. The number of aliphatic imine (C=N–C) groups is 2. The van der Waals surface area contributed by atoms with E-state index in [1.54, 1.807) is 26.0 Å². The Balaban J connectivity index is 1.15. The molecule has 0 N–H and O–H groups in total. The fraction of sp³-hybridized carbons (Fsp3) is 0.342. The normalized spacial score (nSPS) is 18.6. The van der Waals surface area contributed by atoms with E-state index < -0.39 is 0 Å². The zero-order chi connectivity index (χ0) is 31.6. The molecular weight excluding hydrogens is 580 g/mol. The highest BCUT2D eigenvalue weighted by atomic mass is 32.2. The predicted molar refractivity (Wildman–Crippen MR) is 184 cm³/mol. The van der Waals surface area contributed by atoms with Crippen LogP contribution in [0.2, 0.25) is 0 Å². The molecule has 232 valence electrons. The Morgan fingerprint density at radius 3 is 2.62 bits per heavy atom. The molecule has 2 atom stereocenters. The number of aryl methyl sites for hydroxylation is 1. The summed E-state index contributed by atoms with van der Waals surface area (Å²) in [4.78, 5) is 25.4. The number of allylic oxidation sites excluding steroid dienone is 2. The minimum atomic E-state index is -0.279. The van der Waals surface area contributed by atoms with Gasteiger partial charge in [0.2, 0.25) is 0 Å². The molecule has 0 saturated heterocycles. The number of methoxy groups -OCH3 is 2. The Kier molecular flexibility index (Phi) is 8.99. The van der Waals surface area contributed by atoms with Crippen molar-refractivity contribution in [2.24, 2.45) is 15.4 Å². The standard InChI is InChI=1S/C38H40N2O4S/c1-38(2,3)37-20-25-19-31(40-37)28-12-6-7-13-32(28)44-33(25)21-26(41)16-15-24-10-8-11-27(18-24)45-36-14-9-17-39-30-23-35(43-5)34(42-4)22-29(30)36/h6-8,10-14,17-18,20,22-23,31,33H,9,15-16,19,21H2,1-5H3. The van der Waals surface area contributed by atoms with Crippen molar-refractivity contribution in [2.75, 3.05) is 14.2 Å². The van der Waals surface area contributed by atoms with Gasteiger partial charge < -0.3 is 14.2 Å². The number of ether oxygens (including phenoxy) is 3. The van der Waals surface area contributed by atoms with E-state index in [4.69, 9.17) is 19.2 Å². The smallest absolute Gasteiger partial charge is 0.162 e. The lowest BCUT2D eigenvalue weighted by Gasteiger charge is -2.28. The number of ketones is 1. The van der Waals surface area contributed by atoms with Gasteiger partial charge in [0.15, 0.2) is 11.5 Å². The van der Waals surface area contributed by atoms with Crippen LogP contribution in [0.15, 0.2) is 93.3 Å². The number of para-hydroxylation sites is 1. The molecule has 6 rings (SSSR count). The molecule has 0 amide bonds. The lowest BCUT2D eigenvalue weighted by molar-refractivity contribution is -0.120. The topological polar surface area (TPSA) is 69.5 Å². The Hall–Kier alpha value is -4.10. The van der Waals surface area contributed by atoms with Crippen LogP contribution in [0.3, 0.4) is 0 Å². The van der Waals surface area contributed by atoms with Crippen molar-refractivity contribution >= 4 is 40.1 Å². The summed E-state index contributed by atoms with van der Waals surface area (Å²) in [6.45, 7) is 6.56. The SMILES string of the molecule is COc1cc2c(cc1OC)C(Sc1cccc(CCC(=O)CC3Oc4ccccc4C4CC3=CC(C(C)(C)C)=N4)c1)=CCC=N2. The van der Waals surface area contributed by atoms with Gasteiger partial charge in [0, 0.05) is 63.6 Å². The number of fused-ring (bicyclic) bond motifs is 5. The van der Waals surface area contributed by atoms with Crippen LogP contribution >= 0.6 is 11.8 Å². The molecule has 0 saturated carbocycles. The van der Waals surface area contributed by atoms with Crippen LogP contribution in [-0.4, -0.2) is 38.0 Å². The maximum absolute atomic E-state index is 13.5. The molecule has 0 fully saturated rings. The number of carbonyl (C=O) groups is 1. The number of thioether (sulfide) groups is 1. The van der Waals surface area contributed by atoms with Crippen molar-refractivity contribution in [1.82, 2.24) is 0 Å². The summed E-state index contributed by atoms with van der Waals surface area (Å²) in [5.41, 5.74) is 6.25. The Morgan fingerprint density at radius 2 is 1.82 bits per heavy atom. The Morgan fingerprint density at radius 1 is 1.02 bits per heavy atom. The summed E-state index contributed by atoms with van der Waals surface area (Å²) in [7, 11) is 3.28. The molecule has 6 nitrogen and oxygen atoms in total. The fourth-order valence-corrected chi connectivity index (χ4v) is 7.03. The Bertz CT molecular complexity index is 1730. The number of dihydropyridines is 1. The summed E-state index contributed by atoms with van der Waals surface area (Å²) in [6.07, 6.45) is 9.02. The zero-order valence-corrected chi connectivity index (χ0v) is 27.4. The molecule has 3 aliphatic heterocycles. The second kappa shape index (κ2) is 13.1. The third-order valence-electron chi connectivity index (χ3n) is 8.41. The lowest BCUT2D eigenvalue weighted by atomic mass is 9.83. The van der Waals surface area contributed by atoms with E-state index in [1.807, 2.05) is 36.5 Å². The number of nitrogens with zero attached hydrogens (tertiary/aromatic N) is 2. The van der Waals surface area contributed by atoms with Crippen LogP contribution < -0.4 is 14.2 Å². The van der Waals surface area contributed by atoms with Gasteiger partial charge in [-0.05, 0) is 54.3 Å². The first-order chi connectivity index (χ1) is 21.7. The first-order valence-corrected chi connectivity index (χ1v) is 16.4. The summed E-state index contributed by atoms with van der Waals surface area (Å²) in [5.74, 6) is 2.37. The molecule has 7 heteroatoms. The van der Waals surface area contributed by atoms with Gasteiger partial charge in [0.05, 0.1) is 25.9 Å².